The van der Waals surface area contributed by atoms with E-state index in [1.54, 1.807) is 24.3 Å². The van der Waals surface area contributed by atoms with Gasteiger partial charge in [-0.05, 0) is 83.1 Å². The minimum atomic E-state index is -0.541. The van der Waals surface area contributed by atoms with Crippen molar-refractivity contribution in [2.45, 2.75) is 25.8 Å². The SMILES string of the molecule is COc1ccc(-c2nc(-c3ccc4c(c3)-c3ccccc3C4)n(Cc3ccc(C(=O)CCCOCCOCCN)cc3)c2-c2ccc(OC)c(F)c2)cc1F. The summed E-state index contributed by atoms with van der Waals surface area (Å²) in [7, 11) is 2.83. The van der Waals surface area contributed by atoms with Gasteiger partial charge in [0, 0.05) is 48.4 Å². The molecule has 0 atom stereocenters. The zero-order valence-electron chi connectivity index (χ0n) is 30.9. The van der Waals surface area contributed by atoms with Gasteiger partial charge in [-0.1, -0.05) is 60.7 Å². The van der Waals surface area contributed by atoms with Crippen LogP contribution in [-0.4, -0.2) is 62.5 Å². The van der Waals surface area contributed by atoms with E-state index in [9.17, 15) is 4.79 Å². The zero-order valence-corrected chi connectivity index (χ0v) is 30.9. The fraction of sp³-hybridized carbons (Fsp3) is 0.244. The third-order valence-electron chi connectivity index (χ3n) is 9.82. The smallest absolute Gasteiger partial charge is 0.165 e. The van der Waals surface area contributed by atoms with Crippen molar-refractivity contribution in [2.24, 2.45) is 5.73 Å². The molecule has 0 bridgehead atoms. The van der Waals surface area contributed by atoms with Gasteiger partial charge in [0.15, 0.2) is 28.9 Å². The van der Waals surface area contributed by atoms with Gasteiger partial charge in [-0.25, -0.2) is 13.8 Å². The van der Waals surface area contributed by atoms with Gasteiger partial charge < -0.3 is 29.2 Å². The average molecular weight is 744 g/mol. The van der Waals surface area contributed by atoms with Crippen LogP contribution in [-0.2, 0) is 22.4 Å². The lowest BCUT2D eigenvalue weighted by Gasteiger charge is -2.15. The van der Waals surface area contributed by atoms with E-state index in [2.05, 4.69) is 36.4 Å². The molecular weight excluding hydrogens is 701 g/mol. The first-order valence-corrected chi connectivity index (χ1v) is 18.4. The van der Waals surface area contributed by atoms with E-state index in [1.807, 2.05) is 34.9 Å². The largest absolute Gasteiger partial charge is 0.494 e. The van der Waals surface area contributed by atoms with Crippen molar-refractivity contribution in [3.8, 4) is 56.5 Å². The molecule has 7 rings (SSSR count). The highest BCUT2D eigenvalue weighted by Gasteiger charge is 2.25. The van der Waals surface area contributed by atoms with Gasteiger partial charge in [-0.2, -0.15) is 0 Å². The zero-order chi connectivity index (χ0) is 38.3. The predicted molar refractivity (Wildman–Crippen MR) is 210 cm³/mol. The molecule has 5 aromatic carbocycles. The van der Waals surface area contributed by atoms with E-state index in [0.29, 0.717) is 86.3 Å². The number of nitrogens with zero attached hydrogens (tertiary/aromatic N) is 2. The third-order valence-corrected chi connectivity index (χ3v) is 9.82. The summed E-state index contributed by atoms with van der Waals surface area (Å²) in [5.41, 5.74) is 14.7. The molecule has 282 valence electrons. The second-order valence-corrected chi connectivity index (χ2v) is 13.4. The molecule has 6 aromatic rings. The fourth-order valence-corrected chi connectivity index (χ4v) is 7.07. The number of Topliss-reactive ketones (excluding diaryl/α,β-unsaturated/α-hetero) is 1. The number of imidazole rings is 1. The van der Waals surface area contributed by atoms with Crippen LogP contribution in [0.15, 0.2) is 103 Å². The monoisotopic (exact) mass is 743 g/mol. The average Bonchev–Trinajstić information content (AvgIpc) is 3.77. The molecule has 0 spiro atoms. The van der Waals surface area contributed by atoms with Crippen LogP contribution in [0.1, 0.15) is 39.9 Å². The number of halogens is 2. The molecule has 1 aliphatic rings. The molecule has 1 aliphatic carbocycles. The van der Waals surface area contributed by atoms with E-state index in [4.69, 9.17) is 29.7 Å². The normalized spacial score (nSPS) is 11.7. The van der Waals surface area contributed by atoms with Crippen molar-refractivity contribution in [1.82, 2.24) is 9.55 Å². The Labute approximate surface area is 319 Å². The summed E-state index contributed by atoms with van der Waals surface area (Å²) in [5, 5.41) is 0. The first-order chi connectivity index (χ1) is 26.9. The first-order valence-electron chi connectivity index (χ1n) is 18.4. The van der Waals surface area contributed by atoms with Crippen LogP contribution in [0, 0.1) is 11.6 Å². The highest BCUT2D eigenvalue weighted by atomic mass is 19.1. The summed E-state index contributed by atoms with van der Waals surface area (Å²) < 4.78 is 54.1. The van der Waals surface area contributed by atoms with Gasteiger partial charge in [-0.3, -0.25) is 4.79 Å². The Morgan fingerprint density at radius 3 is 2.09 bits per heavy atom. The molecule has 0 saturated heterocycles. The molecule has 0 saturated carbocycles. The van der Waals surface area contributed by atoms with Gasteiger partial charge >= 0.3 is 0 Å². The summed E-state index contributed by atoms with van der Waals surface area (Å²) in [5.74, 6) is -0.225. The standard InChI is InChI=1S/C45H43F2N3O5/c1-52-41-17-15-33(26-38(41)46)43-44(34-16-18-42(53-2)39(47)27-34)50(45(49-43)35-14-13-32-24-31-6-3-4-7-36(31)37(32)25-35)28-29-9-11-30(12-10-29)40(51)8-5-20-54-22-23-55-21-19-48/h3-4,6-7,9-18,25-27H,5,8,19-24,28,48H2,1-2H3. The number of methoxy groups -OCH3 is 2. The maximum absolute atomic E-state index is 15.4. The summed E-state index contributed by atoms with van der Waals surface area (Å²) in [4.78, 5) is 18.3. The Morgan fingerprint density at radius 1 is 0.727 bits per heavy atom. The summed E-state index contributed by atoms with van der Waals surface area (Å²) in [6, 6.07) is 31.7. The van der Waals surface area contributed by atoms with Gasteiger partial charge in [0.05, 0.1) is 45.4 Å². The van der Waals surface area contributed by atoms with Crippen molar-refractivity contribution < 1.29 is 32.5 Å². The first kappa shape index (κ1) is 37.6. The number of aromatic nitrogens is 2. The maximum Gasteiger partial charge on any atom is 0.165 e. The van der Waals surface area contributed by atoms with Crippen LogP contribution in [0.25, 0.3) is 45.0 Å². The van der Waals surface area contributed by atoms with E-state index in [-0.39, 0.29) is 17.3 Å². The number of carbonyl (C=O) groups excluding carboxylic acids is 1. The lowest BCUT2D eigenvalue weighted by molar-refractivity contribution is 0.0489. The molecule has 0 radical (unpaired) electrons. The van der Waals surface area contributed by atoms with Crippen LogP contribution in [0.5, 0.6) is 11.5 Å². The molecular formula is C45H43F2N3O5. The summed E-state index contributed by atoms with van der Waals surface area (Å²) in [6.07, 6.45) is 1.79. The van der Waals surface area contributed by atoms with E-state index in [1.165, 1.54) is 43.0 Å². The van der Waals surface area contributed by atoms with Gasteiger partial charge in [0.1, 0.15) is 5.82 Å². The van der Waals surface area contributed by atoms with Crippen molar-refractivity contribution in [3.05, 3.63) is 137 Å². The second-order valence-electron chi connectivity index (χ2n) is 13.4. The minimum absolute atomic E-state index is 0.0227. The van der Waals surface area contributed by atoms with E-state index < -0.39 is 11.6 Å². The number of hydrogen-bond donors (Lipinski definition) is 1. The molecule has 2 N–H and O–H groups in total. The van der Waals surface area contributed by atoms with Crippen LogP contribution >= 0.6 is 0 Å². The molecule has 1 heterocycles. The number of fused-ring (bicyclic) bond motifs is 3. The Bertz CT molecular complexity index is 2300. The lowest BCUT2D eigenvalue weighted by atomic mass is 10.0. The highest BCUT2D eigenvalue weighted by Crippen LogP contribution is 2.42. The summed E-state index contributed by atoms with van der Waals surface area (Å²) in [6.45, 7) is 2.68. The van der Waals surface area contributed by atoms with Crippen LogP contribution < -0.4 is 15.2 Å². The number of rotatable bonds is 17. The fourth-order valence-electron chi connectivity index (χ4n) is 7.07. The van der Waals surface area contributed by atoms with Crippen molar-refractivity contribution in [2.75, 3.05) is 47.2 Å². The van der Waals surface area contributed by atoms with Crippen molar-refractivity contribution in [3.63, 3.8) is 0 Å². The molecule has 1 aromatic heterocycles. The third kappa shape index (κ3) is 8.22. The number of carbonyl (C=O) groups is 1. The van der Waals surface area contributed by atoms with E-state index >= 15 is 8.78 Å². The van der Waals surface area contributed by atoms with Gasteiger partial charge in [-0.15, -0.1) is 0 Å². The molecule has 10 heteroatoms. The number of nitrogens with two attached hydrogens (primary N) is 1. The van der Waals surface area contributed by atoms with Gasteiger partial charge in [0.25, 0.3) is 0 Å². The Morgan fingerprint density at radius 2 is 1.38 bits per heavy atom. The van der Waals surface area contributed by atoms with Crippen LogP contribution in [0.3, 0.4) is 0 Å². The van der Waals surface area contributed by atoms with E-state index in [0.717, 1.165) is 23.1 Å². The minimum Gasteiger partial charge on any atom is -0.494 e. The molecule has 0 unspecified atom stereocenters. The van der Waals surface area contributed by atoms with Crippen LogP contribution in [0.4, 0.5) is 8.78 Å². The second kappa shape index (κ2) is 17.2. The molecule has 0 fully saturated rings. The topological polar surface area (TPSA) is 97.8 Å². The number of benzene rings is 5. The predicted octanol–water partition coefficient (Wildman–Crippen LogP) is 8.75. The Balaban J connectivity index is 1.27. The van der Waals surface area contributed by atoms with Gasteiger partial charge in [0.2, 0.25) is 0 Å². The van der Waals surface area contributed by atoms with Crippen LogP contribution in [0.2, 0.25) is 0 Å². The number of ketones is 1. The molecule has 8 nitrogen and oxygen atoms in total. The number of ether oxygens (including phenoxy) is 4. The molecule has 0 aliphatic heterocycles. The lowest BCUT2D eigenvalue weighted by Crippen LogP contribution is -2.12. The molecule has 0 amide bonds. The van der Waals surface area contributed by atoms with Crippen molar-refractivity contribution in [1.29, 1.82) is 0 Å². The highest BCUT2D eigenvalue weighted by molar-refractivity contribution is 5.96. The molecule has 55 heavy (non-hydrogen) atoms. The van der Waals surface area contributed by atoms with Crippen molar-refractivity contribution >= 4 is 5.78 Å². The Hall–Kier alpha value is -5.68. The summed E-state index contributed by atoms with van der Waals surface area (Å²) >= 11 is 0. The number of hydrogen-bond acceptors (Lipinski definition) is 7. The quantitative estimate of drug-likeness (QED) is 0.0736. The Kier molecular flexibility index (Phi) is 11.8. The maximum atomic E-state index is 15.4.